The third kappa shape index (κ3) is 8.58. The average molecular weight is 588 g/mol. The van der Waals surface area contributed by atoms with Crippen molar-refractivity contribution in [3.8, 4) is 0 Å². The molecule has 1 atom stereocenters. The van der Waals surface area contributed by atoms with E-state index in [9.17, 15) is 23.2 Å². The highest BCUT2D eigenvalue weighted by molar-refractivity contribution is 6.31. The van der Waals surface area contributed by atoms with Gasteiger partial charge in [0.15, 0.2) is 0 Å². The van der Waals surface area contributed by atoms with E-state index in [1.54, 1.807) is 12.1 Å². The Bertz CT molecular complexity index is 1400. The number of ether oxygens (including phenoxy) is 1. The molecule has 1 aliphatic heterocycles. The van der Waals surface area contributed by atoms with Gasteiger partial charge in [-0.25, -0.2) is 18.6 Å². The first-order valence-electron chi connectivity index (χ1n) is 13.4. The number of hydrogen-bond donors (Lipinski definition) is 3. The van der Waals surface area contributed by atoms with Crippen LogP contribution in [0.3, 0.4) is 0 Å². The second-order valence-corrected chi connectivity index (χ2v) is 10.3. The maximum absolute atomic E-state index is 13.8. The number of carbonyl (C=O) groups is 3. The third-order valence-corrected chi connectivity index (χ3v) is 7.45. The predicted octanol–water partition coefficient (Wildman–Crippen LogP) is 4.43. The molecule has 9 nitrogen and oxygen atoms in total. The largest absolute Gasteiger partial charge is 0.447 e. The number of fused-ring (bicyclic) bond motifs is 1. The van der Waals surface area contributed by atoms with Crippen LogP contribution in [-0.2, 0) is 20.7 Å². The van der Waals surface area contributed by atoms with Gasteiger partial charge in [0.05, 0.1) is 17.5 Å². The maximum Gasteiger partial charge on any atom is 0.412 e. The molecule has 1 aliphatic rings. The molecule has 2 heterocycles. The topological polar surface area (TPSA) is 113 Å². The maximum atomic E-state index is 13.8. The van der Waals surface area contributed by atoms with Crippen LogP contribution in [0.5, 0.6) is 0 Å². The van der Waals surface area contributed by atoms with E-state index in [1.807, 2.05) is 0 Å². The van der Waals surface area contributed by atoms with Crippen LogP contribution in [-0.4, -0.2) is 66.6 Å². The van der Waals surface area contributed by atoms with Gasteiger partial charge in [0.2, 0.25) is 11.8 Å². The van der Waals surface area contributed by atoms with E-state index in [2.05, 4.69) is 20.9 Å². The highest BCUT2D eigenvalue weighted by Crippen LogP contribution is 2.22. The summed E-state index contributed by atoms with van der Waals surface area (Å²) in [6.45, 7) is 1.33. The summed E-state index contributed by atoms with van der Waals surface area (Å²) in [5, 5.41) is 9.94. The fourth-order valence-electron chi connectivity index (χ4n) is 4.63. The van der Waals surface area contributed by atoms with E-state index < -0.39 is 23.8 Å². The Labute approximate surface area is 241 Å². The lowest BCUT2D eigenvalue weighted by Crippen LogP contribution is -2.47. The van der Waals surface area contributed by atoms with E-state index in [-0.39, 0.29) is 54.6 Å². The number of halogens is 3. The Morgan fingerprint density at radius 1 is 1.15 bits per heavy atom. The van der Waals surface area contributed by atoms with Crippen molar-refractivity contribution in [2.45, 2.75) is 44.2 Å². The molecular weight excluding hydrogens is 556 g/mol. The fourth-order valence-corrected chi connectivity index (χ4v) is 4.85. The van der Waals surface area contributed by atoms with Crippen LogP contribution in [0.25, 0.3) is 10.8 Å². The van der Waals surface area contributed by atoms with Crippen LogP contribution in [0.15, 0.2) is 48.7 Å². The van der Waals surface area contributed by atoms with E-state index in [4.69, 9.17) is 16.3 Å². The number of hydrogen-bond acceptors (Lipinski definition) is 6. The highest BCUT2D eigenvalue weighted by atomic mass is 35.5. The number of piperidine rings is 1. The standard InChI is InChI=1S/C29H32ClF2N5O4/c1-37(27(39)8-6-18-3-2-4-24(32)28(18)30)23(15-26(38)35-22-9-11-33-12-10-22)17-41-29(40)36-25-14-20-13-21(31)7-5-19(20)16-34-25/h2-5,7,13-14,16,22-23,33H,6,8-12,15,17H2,1H3,(H,35,38)(H,34,36,40)/t23-/m0/s1. The molecule has 4 rings (SSSR count). The lowest BCUT2D eigenvalue weighted by atomic mass is 10.1. The zero-order chi connectivity index (χ0) is 29.4. The van der Waals surface area contributed by atoms with Crippen molar-refractivity contribution in [3.05, 3.63) is 70.9 Å². The van der Waals surface area contributed by atoms with E-state index >= 15 is 0 Å². The first-order chi connectivity index (χ1) is 19.7. The lowest BCUT2D eigenvalue weighted by molar-refractivity contribution is -0.134. The number of pyridine rings is 1. The number of anilines is 1. The smallest absolute Gasteiger partial charge is 0.412 e. The Hall–Kier alpha value is -3.83. The monoisotopic (exact) mass is 587 g/mol. The number of benzene rings is 2. The van der Waals surface area contributed by atoms with Gasteiger partial charge in [0, 0.05) is 31.1 Å². The summed E-state index contributed by atoms with van der Waals surface area (Å²) in [6.07, 6.45) is 2.36. The van der Waals surface area contributed by atoms with Gasteiger partial charge < -0.3 is 20.3 Å². The molecule has 41 heavy (non-hydrogen) atoms. The van der Waals surface area contributed by atoms with Gasteiger partial charge in [-0.1, -0.05) is 23.7 Å². The molecule has 0 bridgehead atoms. The van der Waals surface area contributed by atoms with Crippen LogP contribution >= 0.6 is 11.6 Å². The Morgan fingerprint density at radius 2 is 1.93 bits per heavy atom. The van der Waals surface area contributed by atoms with Crippen molar-refractivity contribution < 1.29 is 27.9 Å². The molecule has 2 aromatic carbocycles. The van der Waals surface area contributed by atoms with Crippen molar-refractivity contribution >= 4 is 46.1 Å². The van der Waals surface area contributed by atoms with Crippen LogP contribution in [0.2, 0.25) is 5.02 Å². The first-order valence-corrected chi connectivity index (χ1v) is 13.7. The predicted molar refractivity (Wildman–Crippen MR) is 152 cm³/mol. The zero-order valence-corrected chi connectivity index (χ0v) is 23.3. The minimum atomic E-state index is -0.843. The quantitative estimate of drug-likeness (QED) is 0.323. The molecule has 218 valence electrons. The molecule has 0 aliphatic carbocycles. The Morgan fingerprint density at radius 3 is 2.71 bits per heavy atom. The summed E-state index contributed by atoms with van der Waals surface area (Å²) in [5.41, 5.74) is 0.493. The molecule has 0 radical (unpaired) electrons. The van der Waals surface area contributed by atoms with Gasteiger partial charge in [-0.15, -0.1) is 0 Å². The summed E-state index contributed by atoms with van der Waals surface area (Å²) in [7, 11) is 1.53. The van der Waals surface area contributed by atoms with Crippen molar-refractivity contribution in [3.63, 3.8) is 0 Å². The van der Waals surface area contributed by atoms with Gasteiger partial charge in [0.25, 0.3) is 0 Å². The second-order valence-electron chi connectivity index (χ2n) is 9.95. The molecule has 0 spiro atoms. The molecule has 0 saturated carbocycles. The third-order valence-electron chi connectivity index (χ3n) is 7.03. The van der Waals surface area contributed by atoms with Gasteiger partial charge in [-0.05, 0) is 73.6 Å². The number of nitrogens with one attached hydrogen (secondary N) is 3. The molecular formula is C29H32ClF2N5O4. The normalized spacial score (nSPS) is 14.3. The van der Waals surface area contributed by atoms with Crippen LogP contribution < -0.4 is 16.0 Å². The molecule has 1 fully saturated rings. The summed E-state index contributed by atoms with van der Waals surface area (Å²) in [6, 6.07) is 9.39. The van der Waals surface area contributed by atoms with Crippen LogP contribution in [0, 0.1) is 11.6 Å². The molecule has 3 aromatic rings. The lowest BCUT2D eigenvalue weighted by Gasteiger charge is -2.29. The molecule has 1 saturated heterocycles. The van der Waals surface area contributed by atoms with Gasteiger partial charge in [0.1, 0.15) is 24.1 Å². The van der Waals surface area contributed by atoms with Gasteiger partial charge in [-0.3, -0.25) is 14.9 Å². The second kappa shape index (κ2) is 14.2. The van der Waals surface area contributed by atoms with Crippen molar-refractivity contribution in [2.75, 3.05) is 32.1 Å². The number of nitrogens with zero attached hydrogens (tertiary/aromatic N) is 2. The number of likely N-dealkylation sites (N-methyl/N-ethyl adjacent to an activating group) is 1. The van der Waals surface area contributed by atoms with E-state index in [1.165, 1.54) is 48.5 Å². The van der Waals surface area contributed by atoms with Crippen molar-refractivity contribution in [1.82, 2.24) is 20.5 Å². The van der Waals surface area contributed by atoms with Gasteiger partial charge in [-0.2, -0.15) is 0 Å². The minimum absolute atomic E-state index is 0.00977. The highest BCUT2D eigenvalue weighted by Gasteiger charge is 2.26. The van der Waals surface area contributed by atoms with Crippen LogP contribution in [0.4, 0.5) is 19.4 Å². The molecule has 12 heteroatoms. The summed E-state index contributed by atoms with van der Waals surface area (Å²) in [4.78, 5) is 44.0. The fraction of sp³-hybridized carbons (Fsp3) is 0.379. The van der Waals surface area contributed by atoms with Crippen molar-refractivity contribution in [2.24, 2.45) is 0 Å². The SMILES string of the molecule is CN(C(=O)CCc1cccc(F)c1Cl)[C@H](COC(=O)Nc1cc2cc(F)ccc2cn1)CC(=O)NC1CCNCC1. The summed E-state index contributed by atoms with van der Waals surface area (Å²) < 4.78 is 32.8. The molecule has 0 unspecified atom stereocenters. The molecule has 3 amide bonds. The summed E-state index contributed by atoms with van der Waals surface area (Å²) >= 11 is 6.03. The van der Waals surface area contributed by atoms with E-state index in [0.717, 1.165) is 25.9 Å². The molecule has 3 N–H and O–H groups in total. The zero-order valence-electron chi connectivity index (χ0n) is 22.6. The average Bonchev–Trinajstić information content (AvgIpc) is 2.95. The number of aromatic nitrogens is 1. The van der Waals surface area contributed by atoms with Crippen LogP contribution in [0.1, 0.15) is 31.2 Å². The summed E-state index contributed by atoms with van der Waals surface area (Å²) in [5.74, 6) is -1.42. The first kappa shape index (κ1) is 30.1. The number of rotatable bonds is 10. The number of amides is 3. The van der Waals surface area contributed by atoms with E-state index in [0.29, 0.717) is 16.3 Å². The minimum Gasteiger partial charge on any atom is -0.447 e. The van der Waals surface area contributed by atoms with Crippen molar-refractivity contribution in [1.29, 1.82) is 0 Å². The molecule has 1 aromatic heterocycles. The number of aryl methyl sites for hydroxylation is 1. The van der Waals surface area contributed by atoms with Gasteiger partial charge >= 0.3 is 6.09 Å². The Kier molecular flexibility index (Phi) is 10.4. The Balaban J connectivity index is 1.39. The number of carbonyl (C=O) groups excluding carboxylic acids is 3.